The first-order chi connectivity index (χ1) is 12.3. The van der Waals surface area contributed by atoms with Gasteiger partial charge < -0.3 is 9.84 Å². The first kappa shape index (κ1) is 15.9. The summed E-state index contributed by atoms with van der Waals surface area (Å²) in [6.45, 7) is 2.29. The zero-order valence-electron chi connectivity index (χ0n) is 14.4. The lowest BCUT2D eigenvalue weighted by atomic mass is 9.96. The molecule has 1 unspecified atom stereocenters. The van der Waals surface area contributed by atoms with Crippen molar-refractivity contribution in [2.45, 2.75) is 25.9 Å². The van der Waals surface area contributed by atoms with Crippen LogP contribution in [-0.4, -0.2) is 17.8 Å². The molecule has 0 fully saturated rings. The first-order valence-corrected chi connectivity index (χ1v) is 8.87. The molecular weight excluding hydrogens is 308 g/mol. The van der Waals surface area contributed by atoms with Crippen molar-refractivity contribution in [1.82, 2.24) is 0 Å². The standard InChI is InChI=1S/C23H22O2/c1-2-18(24)15-25-19-12-10-16(11-13-19)20-8-5-9-22-21-7-4-3-6-17(21)14-23(20)22/h3-13,18,24H,2,14-15H2,1H3. The predicted molar refractivity (Wildman–Crippen MR) is 102 cm³/mol. The number of benzene rings is 3. The SMILES string of the molecule is CCC(O)COc1ccc(-c2cccc3c2Cc2ccccc2-3)cc1. The van der Waals surface area contributed by atoms with E-state index in [1.54, 1.807) is 0 Å². The molecule has 0 aliphatic heterocycles. The Hall–Kier alpha value is -2.58. The van der Waals surface area contributed by atoms with E-state index in [4.69, 9.17) is 4.74 Å². The van der Waals surface area contributed by atoms with E-state index in [-0.39, 0.29) is 0 Å². The van der Waals surface area contributed by atoms with Crippen LogP contribution in [0.3, 0.4) is 0 Å². The zero-order valence-corrected chi connectivity index (χ0v) is 14.4. The molecule has 0 spiro atoms. The van der Waals surface area contributed by atoms with E-state index in [2.05, 4.69) is 54.6 Å². The van der Waals surface area contributed by atoms with Crippen LogP contribution in [0.15, 0.2) is 66.7 Å². The second-order valence-corrected chi connectivity index (χ2v) is 6.56. The number of ether oxygens (including phenoxy) is 1. The van der Waals surface area contributed by atoms with Gasteiger partial charge in [0.15, 0.2) is 0 Å². The number of aliphatic hydroxyl groups is 1. The van der Waals surface area contributed by atoms with Crippen molar-refractivity contribution >= 4 is 0 Å². The van der Waals surface area contributed by atoms with Crippen LogP contribution in [0.4, 0.5) is 0 Å². The molecule has 126 valence electrons. The van der Waals surface area contributed by atoms with Gasteiger partial charge in [-0.2, -0.15) is 0 Å². The van der Waals surface area contributed by atoms with Crippen LogP contribution in [0, 0.1) is 0 Å². The van der Waals surface area contributed by atoms with E-state index in [0.717, 1.165) is 12.2 Å². The van der Waals surface area contributed by atoms with Crippen molar-refractivity contribution in [3.63, 3.8) is 0 Å². The molecule has 0 aromatic heterocycles. The Morgan fingerprint density at radius 2 is 1.60 bits per heavy atom. The lowest BCUT2D eigenvalue weighted by molar-refractivity contribution is 0.104. The van der Waals surface area contributed by atoms with Crippen molar-refractivity contribution < 1.29 is 9.84 Å². The predicted octanol–water partition coefficient (Wildman–Crippen LogP) is 5.07. The van der Waals surface area contributed by atoms with Gasteiger partial charge in [-0.3, -0.25) is 0 Å². The molecule has 1 N–H and O–H groups in total. The molecule has 3 aromatic rings. The summed E-state index contributed by atoms with van der Waals surface area (Å²) in [5, 5.41) is 9.62. The summed E-state index contributed by atoms with van der Waals surface area (Å²) in [6.07, 6.45) is 1.29. The van der Waals surface area contributed by atoms with Gasteiger partial charge in [0.1, 0.15) is 12.4 Å². The Balaban J connectivity index is 1.62. The summed E-state index contributed by atoms with van der Waals surface area (Å²) in [7, 11) is 0. The monoisotopic (exact) mass is 330 g/mol. The van der Waals surface area contributed by atoms with Crippen LogP contribution in [0.25, 0.3) is 22.3 Å². The van der Waals surface area contributed by atoms with Crippen LogP contribution in [-0.2, 0) is 6.42 Å². The van der Waals surface area contributed by atoms with Gasteiger partial charge in [-0.05, 0) is 58.4 Å². The van der Waals surface area contributed by atoms with Gasteiger partial charge in [0.05, 0.1) is 6.10 Å². The third-order valence-corrected chi connectivity index (χ3v) is 4.93. The molecule has 1 aliphatic rings. The summed E-state index contributed by atoms with van der Waals surface area (Å²) in [5.41, 5.74) is 7.99. The Morgan fingerprint density at radius 3 is 2.40 bits per heavy atom. The maximum atomic E-state index is 9.62. The Labute approximate surface area is 148 Å². The van der Waals surface area contributed by atoms with Crippen molar-refractivity contribution in [2.24, 2.45) is 0 Å². The average Bonchev–Trinajstić information content (AvgIpc) is 3.05. The molecule has 0 radical (unpaired) electrons. The number of hydrogen-bond donors (Lipinski definition) is 1. The largest absolute Gasteiger partial charge is 0.491 e. The van der Waals surface area contributed by atoms with Gasteiger partial charge in [0.2, 0.25) is 0 Å². The number of hydrogen-bond acceptors (Lipinski definition) is 2. The molecule has 4 rings (SSSR count). The molecule has 0 amide bonds. The third-order valence-electron chi connectivity index (χ3n) is 4.93. The summed E-state index contributed by atoms with van der Waals surface area (Å²) in [6, 6.07) is 23.4. The smallest absolute Gasteiger partial charge is 0.119 e. The van der Waals surface area contributed by atoms with E-state index in [9.17, 15) is 5.11 Å². The molecule has 2 nitrogen and oxygen atoms in total. The number of aliphatic hydroxyl groups excluding tert-OH is 1. The quantitative estimate of drug-likeness (QED) is 0.553. The van der Waals surface area contributed by atoms with Gasteiger partial charge >= 0.3 is 0 Å². The van der Waals surface area contributed by atoms with Crippen LogP contribution < -0.4 is 4.74 Å². The van der Waals surface area contributed by atoms with Gasteiger partial charge in [-0.1, -0.05) is 61.5 Å². The molecule has 0 saturated carbocycles. The highest BCUT2D eigenvalue weighted by molar-refractivity contribution is 5.84. The minimum Gasteiger partial charge on any atom is -0.491 e. The second-order valence-electron chi connectivity index (χ2n) is 6.56. The minimum atomic E-state index is -0.407. The lowest BCUT2D eigenvalue weighted by Gasteiger charge is -2.12. The second kappa shape index (κ2) is 6.73. The van der Waals surface area contributed by atoms with E-state index in [1.165, 1.54) is 33.4 Å². The summed E-state index contributed by atoms with van der Waals surface area (Å²) >= 11 is 0. The minimum absolute atomic E-state index is 0.339. The van der Waals surface area contributed by atoms with E-state index < -0.39 is 6.10 Å². The van der Waals surface area contributed by atoms with Crippen LogP contribution in [0.2, 0.25) is 0 Å². The lowest BCUT2D eigenvalue weighted by Crippen LogP contribution is -2.15. The van der Waals surface area contributed by atoms with Crippen LogP contribution in [0.1, 0.15) is 24.5 Å². The van der Waals surface area contributed by atoms with Crippen molar-refractivity contribution in [2.75, 3.05) is 6.61 Å². The molecule has 2 heteroatoms. The van der Waals surface area contributed by atoms with Crippen LogP contribution >= 0.6 is 0 Å². The summed E-state index contributed by atoms with van der Waals surface area (Å²) in [4.78, 5) is 0. The Kier molecular flexibility index (Phi) is 4.29. The highest BCUT2D eigenvalue weighted by Crippen LogP contribution is 2.41. The summed E-state index contributed by atoms with van der Waals surface area (Å²) < 4.78 is 5.64. The maximum Gasteiger partial charge on any atom is 0.119 e. The number of fused-ring (bicyclic) bond motifs is 3. The van der Waals surface area contributed by atoms with Crippen LogP contribution in [0.5, 0.6) is 5.75 Å². The molecule has 3 aromatic carbocycles. The topological polar surface area (TPSA) is 29.5 Å². The molecule has 1 aliphatic carbocycles. The Morgan fingerprint density at radius 1 is 0.880 bits per heavy atom. The van der Waals surface area contributed by atoms with Crippen molar-refractivity contribution in [1.29, 1.82) is 0 Å². The Bertz CT molecular complexity index is 881. The average molecular weight is 330 g/mol. The fourth-order valence-corrected chi connectivity index (χ4v) is 3.47. The van der Waals surface area contributed by atoms with E-state index in [0.29, 0.717) is 13.0 Å². The number of rotatable bonds is 5. The fraction of sp³-hybridized carbons (Fsp3) is 0.217. The van der Waals surface area contributed by atoms with Gasteiger partial charge in [-0.15, -0.1) is 0 Å². The highest BCUT2D eigenvalue weighted by Gasteiger charge is 2.20. The molecule has 0 saturated heterocycles. The van der Waals surface area contributed by atoms with Crippen molar-refractivity contribution in [3.8, 4) is 28.0 Å². The highest BCUT2D eigenvalue weighted by atomic mass is 16.5. The van der Waals surface area contributed by atoms with Gasteiger partial charge in [0.25, 0.3) is 0 Å². The zero-order chi connectivity index (χ0) is 17.2. The van der Waals surface area contributed by atoms with Gasteiger partial charge in [-0.25, -0.2) is 0 Å². The first-order valence-electron chi connectivity index (χ1n) is 8.87. The van der Waals surface area contributed by atoms with Gasteiger partial charge in [0, 0.05) is 0 Å². The molecule has 1 atom stereocenters. The fourth-order valence-electron chi connectivity index (χ4n) is 3.47. The maximum absolute atomic E-state index is 9.62. The molecule has 0 heterocycles. The summed E-state index contributed by atoms with van der Waals surface area (Å²) in [5.74, 6) is 0.798. The van der Waals surface area contributed by atoms with Crippen molar-refractivity contribution in [3.05, 3.63) is 77.9 Å². The normalized spacial score (nSPS) is 13.2. The third kappa shape index (κ3) is 3.06. The molecule has 25 heavy (non-hydrogen) atoms. The molecular formula is C23H22O2. The van der Waals surface area contributed by atoms with E-state index in [1.807, 2.05) is 19.1 Å². The van der Waals surface area contributed by atoms with E-state index >= 15 is 0 Å². The molecule has 0 bridgehead atoms.